The summed E-state index contributed by atoms with van der Waals surface area (Å²) >= 11 is 2.58. The van der Waals surface area contributed by atoms with Gasteiger partial charge >= 0.3 is 12.0 Å². The Bertz CT molecular complexity index is 512. The normalized spacial score (nSPS) is 10.8. The highest BCUT2D eigenvalue weighted by atomic mass is 79.9. The molecule has 1 aromatic heterocycles. The smallest absolute Gasteiger partial charge is 0.395 e. The molecule has 1 rings (SSSR count). The Kier molecular flexibility index (Phi) is 3.52. The molecule has 90 valence electrons. The van der Waals surface area contributed by atoms with Gasteiger partial charge in [-0.15, -0.1) is 13.2 Å². The van der Waals surface area contributed by atoms with E-state index in [1.807, 2.05) is 0 Å². The zero-order valence-corrected chi connectivity index (χ0v) is 9.24. The quantitative estimate of drug-likeness (QED) is 0.475. The first-order valence-electron chi connectivity index (χ1n) is 3.75. The molecule has 0 radical (unpaired) electrons. The average Bonchev–Trinajstić information content (AvgIpc) is 2.18. The van der Waals surface area contributed by atoms with Crippen LogP contribution in [-0.4, -0.2) is 16.3 Å². The van der Waals surface area contributed by atoms with Crippen LogP contribution in [0.15, 0.2) is 10.8 Å². The Hall–Kier alpha value is -1.89. The number of aromatic nitrogens is 1. The van der Waals surface area contributed by atoms with E-state index in [1.165, 1.54) is 6.07 Å². The fourth-order valence-electron chi connectivity index (χ4n) is 0.930. The summed E-state index contributed by atoms with van der Waals surface area (Å²) in [6, 6.07) is 1.36. The number of nitriles is 1. The second kappa shape index (κ2) is 4.54. The zero-order valence-electron chi connectivity index (χ0n) is 7.66. The van der Waals surface area contributed by atoms with Gasteiger partial charge in [-0.1, -0.05) is 0 Å². The fourth-order valence-corrected chi connectivity index (χ4v) is 1.30. The second-order valence-electron chi connectivity index (χ2n) is 2.56. The van der Waals surface area contributed by atoms with Crippen LogP contribution in [-0.2, 0) is 0 Å². The van der Waals surface area contributed by atoms with E-state index in [9.17, 15) is 23.3 Å². The summed E-state index contributed by atoms with van der Waals surface area (Å²) in [4.78, 5) is 12.8. The molecule has 0 amide bonds. The molecule has 0 bridgehead atoms. The van der Waals surface area contributed by atoms with E-state index < -0.39 is 32.9 Å². The van der Waals surface area contributed by atoms with Gasteiger partial charge in [-0.3, -0.25) is 10.1 Å². The molecule has 10 heteroatoms. The predicted octanol–water partition coefficient (Wildman–Crippen LogP) is 2.52. The van der Waals surface area contributed by atoms with Gasteiger partial charge in [0.2, 0.25) is 5.75 Å². The predicted molar refractivity (Wildman–Crippen MR) is 50.0 cm³/mol. The van der Waals surface area contributed by atoms with Crippen molar-refractivity contribution >= 4 is 21.6 Å². The third kappa shape index (κ3) is 3.04. The summed E-state index contributed by atoms with van der Waals surface area (Å²) in [5, 5.41) is 19.1. The van der Waals surface area contributed by atoms with E-state index >= 15 is 0 Å². The molecular weight excluding hydrogens is 311 g/mol. The van der Waals surface area contributed by atoms with Crippen molar-refractivity contribution in [2.24, 2.45) is 0 Å². The van der Waals surface area contributed by atoms with E-state index in [-0.39, 0.29) is 0 Å². The second-order valence-corrected chi connectivity index (χ2v) is 3.31. The van der Waals surface area contributed by atoms with Gasteiger partial charge < -0.3 is 4.74 Å². The molecule has 17 heavy (non-hydrogen) atoms. The minimum atomic E-state index is -5.12. The first-order valence-corrected chi connectivity index (χ1v) is 4.54. The lowest BCUT2D eigenvalue weighted by Crippen LogP contribution is -2.19. The van der Waals surface area contributed by atoms with Crippen molar-refractivity contribution < 1.29 is 22.8 Å². The Labute approximate surface area is 99.9 Å². The highest BCUT2D eigenvalue weighted by molar-refractivity contribution is 9.10. The number of pyridine rings is 1. The molecule has 0 unspecified atom stereocenters. The number of ether oxygens (including phenoxy) is 1. The van der Waals surface area contributed by atoms with Gasteiger partial charge in [-0.05, 0) is 15.9 Å². The number of alkyl halides is 3. The van der Waals surface area contributed by atoms with Gasteiger partial charge in [0, 0.05) is 0 Å². The number of nitrogens with zero attached hydrogens (tertiary/aromatic N) is 3. The van der Waals surface area contributed by atoms with Crippen LogP contribution in [0, 0.1) is 21.4 Å². The van der Waals surface area contributed by atoms with Crippen molar-refractivity contribution in [3.05, 3.63) is 26.5 Å². The summed E-state index contributed by atoms with van der Waals surface area (Å²) in [5.41, 5.74) is -1.72. The van der Waals surface area contributed by atoms with Crippen molar-refractivity contribution in [1.82, 2.24) is 4.98 Å². The molecule has 0 aliphatic carbocycles. The maximum absolute atomic E-state index is 12.0. The summed E-state index contributed by atoms with van der Waals surface area (Å²) in [6.07, 6.45) is -4.35. The molecule has 0 atom stereocenters. The first-order chi connectivity index (χ1) is 7.76. The van der Waals surface area contributed by atoms with Crippen LogP contribution >= 0.6 is 15.9 Å². The minimum absolute atomic E-state index is 0.513. The Balaban J connectivity index is 3.46. The molecule has 0 spiro atoms. The number of hydrogen-bond donors (Lipinski definition) is 0. The molecule has 1 heterocycles. The van der Waals surface area contributed by atoms with Crippen molar-refractivity contribution in [2.75, 3.05) is 0 Å². The monoisotopic (exact) mass is 311 g/mol. The number of nitro groups is 1. The van der Waals surface area contributed by atoms with Gasteiger partial charge in [0.1, 0.15) is 6.07 Å². The fraction of sp³-hybridized carbons (Fsp3) is 0.143. The van der Waals surface area contributed by atoms with Crippen LogP contribution in [0.1, 0.15) is 5.56 Å². The van der Waals surface area contributed by atoms with E-state index in [2.05, 4.69) is 25.7 Å². The van der Waals surface area contributed by atoms with Crippen LogP contribution in [0.2, 0.25) is 0 Å². The number of hydrogen-bond acceptors (Lipinski definition) is 5. The third-order valence-corrected chi connectivity index (χ3v) is 2.05. The van der Waals surface area contributed by atoms with Gasteiger partial charge in [0.25, 0.3) is 0 Å². The molecule has 6 nitrogen and oxygen atoms in total. The van der Waals surface area contributed by atoms with E-state index in [1.54, 1.807) is 0 Å². The van der Waals surface area contributed by atoms with Crippen LogP contribution in [0.3, 0.4) is 0 Å². The first kappa shape index (κ1) is 13.2. The zero-order chi connectivity index (χ0) is 13.2. The van der Waals surface area contributed by atoms with Crippen molar-refractivity contribution in [1.29, 1.82) is 5.26 Å². The molecule has 0 saturated carbocycles. The maximum atomic E-state index is 12.0. The third-order valence-electron chi connectivity index (χ3n) is 1.49. The van der Waals surface area contributed by atoms with E-state index in [4.69, 9.17) is 5.26 Å². The molecule has 1 aromatic rings. The minimum Gasteiger partial charge on any atom is -0.395 e. The van der Waals surface area contributed by atoms with Crippen molar-refractivity contribution in [2.45, 2.75) is 6.36 Å². The molecule has 0 N–H and O–H groups in total. The summed E-state index contributed by atoms with van der Waals surface area (Å²) in [5.74, 6) is -1.15. The highest BCUT2D eigenvalue weighted by Gasteiger charge is 2.37. The molecule has 0 aliphatic heterocycles. The lowest BCUT2D eigenvalue weighted by molar-refractivity contribution is -0.389. The molecule has 0 aromatic carbocycles. The van der Waals surface area contributed by atoms with Crippen LogP contribution in [0.5, 0.6) is 5.75 Å². The molecular formula is C7HBrF3N3O3. The van der Waals surface area contributed by atoms with Gasteiger partial charge in [0.15, 0.2) is 10.2 Å². The summed E-state index contributed by atoms with van der Waals surface area (Å²) in [6.45, 7) is 0. The average molecular weight is 312 g/mol. The summed E-state index contributed by atoms with van der Waals surface area (Å²) in [7, 11) is 0. The van der Waals surface area contributed by atoms with Gasteiger partial charge in [0.05, 0.1) is 11.1 Å². The Morgan fingerprint density at radius 1 is 1.59 bits per heavy atom. The van der Waals surface area contributed by atoms with Crippen LogP contribution < -0.4 is 4.74 Å². The van der Waals surface area contributed by atoms with E-state index in [0.29, 0.717) is 0 Å². The Morgan fingerprint density at radius 3 is 2.59 bits per heavy atom. The van der Waals surface area contributed by atoms with E-state index in [0.717, 1.165) is 6.20 Å². The molecule has 0 saturated heterocycles. The van der Waals surface area contributed by atoms with Crippen LogP contribution in [0.4, 0.5) is 18.9 Å². The van der Waals surface area contributed by atoms with Crippen molar-refractivity contribution in [3.8, 4) is 11.8 Å². The van der Waals surface area contributed by atoms with Gasteiger partial charge in [-0.2, -0.15) is 5.26 Å². The lowest BCUT2D eigenvalue weighted by Gasteiger charge is -2.10. The maximum Gasteiger partial charge on any atom is 0.573 e. The number of halogens is 4. The summed E-state index contributed by atoms with van der Waals surface area (Å²) < 4.78 is 39.0. The molecule has 0 aliphatic rings. The SMILES string of the molecule is N#Cc1cnc(Br)c(OC(F)(F)F)c1[N+](=O)[O-]. The van der Waals surface area contributed by atoms with Crippen LogP contribution in [0.25, 0.3) is 0 Å². The number of rotatable bonds is 2. The van der Waals surface area contributed by atoms with Gasteiger partial charge in [-0.25, -0.2) is 4.98 Å². The highest BCUT2D eigenvalue weighted by Crippen LogP contribution is 2.39. The largest absolute Gasteiger partial charge is 0.573 e. The Morgan fingerprint density at radius 2 is 2.18 bits per heavy atom. The standard InChI is InChI=1S/C7HBrF3N3O3/c8-6-5(17-7(9,10)11)4(14(15)16)3(1-12)2-13-6/h2H. The molecule has 0 fully saturated rings. The van der Waals surface area contributed by atoms with Crippen molar-refractivity contribution in [3.63, 3.8) is 0 Å². The lowest BCUT2D eigenvalue weighted by atomic mass is 10.2. The topological polar surface area (TPSA) is 89.0 Å².